The molecule has 2 aromatic rings. The molecule has 9 heteroatoms. The van der Waals surface area contributed by atoms with E-state index in [-0.39, 0.29) is 6.42 Å². The Kier molecular flexibility index (Phi) is 10.7. The summed E-state index contributed by atoms with van der Waals surface area (Å²) in [6.07, 6.45) is 3.57. The lowest BCUT2D eigenvalue weighted by atomic mass is 10.1. The van der Waals surface area contributed by atoms with E-state index in [1.165, 1.54) is 0 Å². The summed E-state index contributed by atoms with van der Waals surface area (Å²) >= 11 is 9.53. The van der Waals surface area contributed by atoms with Crippen LogP contribution in [0.1, 0.15) is 26.3 Å². The third kappa shape index (κ3) is 9.17. The van der Waals surface area contributed by atoms with Gasteiger partial charge in [0.25, 0.3) is 0 Å². The number of anilines is 2. The highest BCUT2D eigenvalue weighted by atomic mass is 79.9. The van der Waals surface area contributed by atoms with Crippen molar-refractivity contribution < 1.29 is 19.1 Å². The highest BCUT2D eigenvalue weighted by molar-refractivity contribution is 9.10. The molecule has 0 saturated heterocycles. The Hall–Kier alpha value is -3.10. The Morgan fingerprint density at radius 1 is 1.06 bits per heavy atom. The second-order valence-corrected chi connectivity index (χ2v) is 10.3. The average Bonchev–Trinajstić information content (AvgIpc) is 2.79. The lowest BCUT2D eigenvalue weighted by Crippen LogP contribution is -2.49. The molecule has 0 unspecified atom stereocenters. The number of benzene rings is 2. The van der Waals surface area contributed by atoms with Crippen molar-refractivity contribution >= 4 is 56.7 Å². The van der Waals surface area contributed by atoms with Gasteiger partial charge in [-0.05, 0) is 56.7 Å². The summed E-state index contributed by atoms with van der Waals surface area (Å²) in [5.41, 5.74) is 1.00. The maximum Gasteiger partial charge on any atom is 0.329 e. The molecule has 36 heavy (non-hydrogen) atoms. The fourth-order valence-corrected chi connectivity index (χ4v) is 3.73. The number of esters is 1. The van der Waals surface area contributed by atoms with Crippen LogP contribution < -0.4 is 15.5 Å². The zero-order chi connectivity index (χ0) is 26.9. The summed E-state index contributed by atoms with van der Waals surface area (Å²) in [6.45, 7) is 13.7. The molecular formula is C27H31BrClN3O4. The predicted molar refractivity (Wildman–Crippen MR) is 148 cm³/mol. The van der Waals surface area contributed by atoms with Crippen molar-refractivity contribution in [3.63, 3.8) is 0 Å². The van der Waals surface area contributed by atoms with Gasteiger partial charge < -0.3 is 20.3 Å². The first-order valence-electron chi connectivity index (χ1n) is 11.3. The molecule has 0 aliphatic heterocycles. The number of ether oxygens (including phenoxy) is 1. The number of amides is 2. The van der Waals surface area contributed by atoms with Crippen molar-refractivity contribution in [2.24, 2.45) is 0 Å². The number of rotatable bonds is 10. The molecule has 0 fully saturated rings. The summed E-state index contributed by atoms with van der Waals surface area (Å²) in [5, 5.41) is 5.51. The van der Waals surface area contributed by atoms with E-state index in [0.717, 1.165) is 10.0 Å². The summed E-state index contributed by atoms with van der Waals surface area (Å²) in [7, 11) is 0. The van der Waals surface area contributed by atoms with Gasteiger partial charge >= 0.3 is 17.8 Å². The number of hydrogen-bond donors (Lipinski definition) is 2. The van der Waals surface area contributed by atoms with Crippen molar-refractivity contribution in [2.45, 2.75) is 38.8 Å². The Morgan fingerprint density at radius 3 is 2.22 bits per heavy atom. The second kappa shape index (κ2) is 13.3. The molecule has 0 bridgehead atoms. The van der Waals surface area contributed by atoms with Gasteiger partial charge in [-0.2, -0.15) is 0 Å². The van der Waals surface area contributed by atoms with Gasteiger partial charge in [-0.3, -0.25) is 9.59 Å². The first-order valence-corrected chi connectivity index (χ1v) is 12.5. The van der Waals surface area contributed by atoms with Crippen LogP contribution in [0, 0.1) is 0 Å². The summed E-state index contributed by atoms with van der Waals surface area (Å²) in [5.74, 6) is -2.56. The van der Waals surface area contributed by atoms with Crippen LogP contribution in [0.4, 0.5) is 11.4 Å². The van der Waals surface area contributed by atoms with E-state index in [2.05, 4.69) is 39.7 Å². The van der Waals surface area contributed by atoms with Crippen LogP contribution in [-0.4, -0.2) is 42.5 Å². The van der Waals surface area contributed by atoms with Crippen LogP contribution in [-0.2, 0) is 25.5 Å². The van der Waals surface area contributed by atoms with Crippen molar-refractivity contribution in [1.82, 2.24) is 5.32 Å². The molecule has 1 atom stereocenters. The summed E-state index contributed by atoms with van der Waals surface area (Å²) in [4.78, 5) is 40.5. The van der Waals surface area contributed by atoms with E-state index in [4.69, 9.17) is 16.3 Å². The molecule has 2 amide bonds. The van der Waals surface area contributed by atoms with Crippen molar-refractivity contribution in [2.75, 3.05) is 23.3 Å². The fraction of sp³-hybridized carbons (Fsp3) is 0.296. The minimum absolute atomic E-state index is 0.149. The third-order valence-electron chi connectivity index (χ3n) is 4.80. The number of nitrogens with one attached hydrogen (secondary N) is 2. The molecule has 7 nitrogen and oxygen atoms in total. The minimum Gasteiger partial charge on any atom is -0.458 e. The van der Waals surface area contributed by atoms with E-state index in [1.54, 1.807) is 51.1 Å². The van der Waals surface area contributed by atoms with Crippen LogP contribution in [0.5, 0.6) is 0 Å². The summed E-state index contributed by atoms with van der Waals surface area (Å²) < 4.78 is 6.35. The third-order valence-corrected chi connectivity index (χ3v) is 5.57. The van der Waals surface area contributed by atoms with Gasteiger partial charge in [-0.25, -0.2) is 4.79 Å². The number of nitrogens with zero attached hydrogens (tertiary/aromatic N) is 1. The molecule has 0 aliphatic carbocycles. The van der Waals surface area contributed by atoms with Crippen LogP contribution in [0.2, 0.25) is 5.02 Å². The Labute approximate surface area is 225 Å². The molecule has 2 N–H and O–H groups in total. The second-order valence-electron chi connectivity index (χ2n) is 8.99. The zero-order valence-corrected chi connectivity index (χ0v) is 23.0. The molecule has 0 spiro atoms. The highest BCUT2D eigenvalue weighted by Crippen LogP contribution is 2.29. The normalized spacial score (nSPS) is 11.7. The molecule has 2 rings (SSSR count). The van der Waals surface area contributed by atoms with Crippen LogP contribution >= 0.6 is 27.5 Å². The number of halogens is 2. The van der Waals surface area contributed by atoms with Gasteiger partial charge in [0.05, 0.1) is 11.4 Å². The van der Waals surface area contributed by atoms with E-state index in [1.807, 2.05) is 29.2 Å². The van der Waals surface area contributed by atoms with Crippen molar-refractivity contribution in [3.8, 4) is 0 Å². The Bertz CT molecular complexity index is 1100. The standard InChI is InChI=1S/C27H31BrClN3O4/c1-6-14-32(15-7-2)23-13-12-20(29)17-21(23)30-24(33)25(34)31-22(26(35)36-27(3,4)5)16-18-8-10-19(28)11-9-18/h6-13,17,22H,1-2,14-16H2,3-5H3,(H,30,33)(H,31,34)/t22-/m0/s1. The van der Waals surface area contributed by atoms with Crippen LogP contribution in [0.25, 0.3) is 0 Å². The van der Waals surface area contributed by atoms with Gasteiger partial charge in [-0.15, -0.1) is 13.2 Å². The summed E-state index contributed by atoms with van der Waals surface area (Å²) in [6, 6.07) is 11.2. The molecule has 0 heterocycles. The monoisotopic (exact) mass is 575 g/mol. The van der Waals surface area contributed by atoms with E-state index >= 15 is 0 Å². The van der Waals surface area contributed by atoms with Gasteiger partial charge in [0.2, 0.25) is 0 Å². The molecular weight excluding hydrogens is 546 g/mol. The minimum atomic E-state index is -1.07. The molecule has 0 aromatic heterocycles. The first kappa shape index (κ1) is 29.1. The molecule has 0 saturated carbocycles. The lowest BCUT2D eigenvalue weighted by molar-refractivity contribution is -0.158. The van der Waals surface area contributed by atoms with Gasteiger partial charge in [-0.1, -0.05) is 51.8 Å². The number of hydrogen-bond acceptors (Lipinski definition) is 5. The molecule has 2 aromatic carbocycles. The topological polar surface area (TPSA) is 87.7 Å². The smallest absolute Gasteiger partial charge is 0.329 e. The SMILES string of the molecule is C=CCN(CC=C)c1ccc(Cl)cc1NC(=O)C(=O)N[C@@H](Cc1ccc(Br)cc1)C(=O)OC(C)(C)C. The van der Waals surface area contributed by atoms with Crippen LogP contribution in [0.3, 0.4) is 0 Å². The van der Waals surface area contributed by atoms with Gasteiger partial charge in [0.1, 0.15) is 11.6 Å². The van der Waals surface area contributed by atoms with Gasteiger partial charge in [0, 0.05) is 29.0 Å². The fourth-order valence-electron chi connectivity index (χ4n) is 3.29. The lowest BCUT2D eigenvalue weighted by Gasteiger charge is -2.26. The Morgan fingerprint density at radius 2 is 1.67 bits per heavy atom. The van der Waals surface area contributed by atoms with Gasteiger partial charge in [0.15, 0.2) is 0 Å². The van der Waals surface area contributed by atoms with Crippen molar-refractivity contribution in [3.05, 3.63) is 82.8 Å². The maximum atomic E-state index is 12.9. The highest BCUT2D eigenvalue weighted by Gasteiger charge is 2.29. The van der Waals surface area contributed by atoms with Crippen molar-refractivity contribution in [1.29, 1.82) is 0 Å². The first-order chi connectivity index (χ1) is 16.9. The van der Waals surface area contributed by atoms with Crippen LogP contribution in [0.15, 0.2) is 72.2 Å². The van der Waals surface area contributed by atoms with E-state index in [9.17, 15) is 14.4 Å². The number of carbonyl (C=O) groups is 3. The largest absolute Gasteiger partial charge is 0.458 e. The number of carbonyl (C=O) groups excluding carboxylic acids is 3. The maximum absolute atomic E-state index is 12.9. The average molecular weight is 577 g/mol. The van der Waals surface area contributed by atoms with E-state index < -0.39 is 29.4 Å². The zero-order valence-electron chi connectivity index (χ0n) is 20.6. The molecule has 0 aliphatic rings. The predicted octanol–water partition coefficient (Wildman–Crippen LogP) is 5.29. The Balaban J connectivity index is 2.25. The van der Waals surface area contributed by atoms with E-state index in [0.29, 0.717) is 29.5 Å². The quantitative estimate of drug-likeness (QED) is 0.228. The molecule has 0 radical (unpaired) electrons. The molecule has 192 valence electrons.